The Labute approximate surface area is 165 Å². The van der Waals surface area contributed by atoms with Crippen LogP contribution in [0.5, 0.6) is 0 Å². The summed E-state index contributed by atoms with van der Waals surface area (Å²) in [5, 5.41) is 2.91. The van der Waals surface area contributed by atoms with Gasteiger partial charge >= 0.3 is 0 Å². The van der Waals surface area contributed by atoms with Crippen LogP contribution in [0.2, 0.25) is 0 Å². The largest absolute Gasteiger partial charge is 0.448 e. The number of hydrogen-bond acceptors (Lipinski definition) is 4. The molecule has 1 amide bonds. The Kier molecular flexibility index (Phi) is 14.7. The Morgan fingerprint density at radius 3 is 1.96 bits per heavy atom. The maximum Gasteiger partial charge on any atom is 0.273 e. The fraction of sp³-hybridized carbons (Fsp3) is 0.818. The highest BCUT2D eigenvalue weighted by molar-refractivity contribution is 5.91. The van der Waals surface area contributed by atoms with Crippen molar-refractivity contribution in [2.45, 2.75) is 103 Å². The second kappa shape index (κ2) is 16.8. The van der Waals surface area contributed by atoms with Crippen LogP contribution >= 0.6 is 0 Å². The van der Waals surface area contributed by atoms with Gasteiger partial charge in [-0.05, 0) is 6.42 Å². The maximum absolute atomic E-state index is 11.9. The van der Waals surface area contributed by atoms with Crippen molar-refractivity contribution in [2.24, 2.45) is 5.73 Å². The second-order valence-electron chi connectivity index (χ2n) is 7.52. The van der Waals surface area contributed by atoms with E-state index in [0.717, 1.165) is 6.42 Å². The van der Waals surface area contributed by atoms with E-state index in [2.05, 4.69) is 17.2 Å². The molecule has 0 fully saturated rings. The number of amides is 1. The molecule has 5 heteroatoms. The molecule has 0 saturated heterocycles. The lowest BCUT2D eigenvalue weighted by molar-refractivity contribution is 0.0948. The average Bonchev–Trinajstić information content (AvgIpc) is 3.14. The summed E-state index contributed by atoms with van der Waals surface area (Å²) in [6.07, 6.45) is 20.7. The van der Waals surface area contributed by atoms with Crippen molar-refractivity contribution in [3.63, 3.8) is 0 Å². The van der Waals surface area contributed by atoms with Crippen molar-refractivity contribution in [3.8, 4) is 0 Å². The summed E-state index contributed by atoms with van der Waals surface area (Å²) in [7, 11) is 0. The topological polar surface area (TPSA) is 81.2 Å². The van der Waals surface area contributed by atoms with E-state index < -0.39 is 0 Å². The first kappa shape index (κ1) is 23.7. The number of oxazole rings is 1. The summed E-state index contributed by atoms with van der Waals surface area (Å²) in [4.78, 5) is 16.1. The van der Waals surface area contributed by atoms with E-state index in [0.29, 0.717) is 31.1 Å². The molecule has 1 aromatic heterocycles. The zero-order valence-corrected chi connectivity index (χ0v) is 17.4. The Bertz CT molecular complexity index is 474. The molecule has 156 valence electrons. The summed E-state index contributed by atoms with van der Waals surface area (Å²) >= 11 is 0. The number of nitrogens with zero attached hydrogens (tertiary/aromatic N) is 1. The van der Waals surface area contributed by atoms with Gasteiger partial charge in [-0.25, -0.2) is 4.98 Å². The van der Waals surface area contributed by atoms with Gasteiger partial charge in [0.05, 0.1) is 0 Å². The van der Waals surface area contributed by atoms with Crippen molar-refractivity contribution in [1.29, 1.82) is 0 Å². The molecule has 0 aliphatic heterocycles. The Morgan fingerprint density at radius 1 is 0.926 bits per heavy atom. The standard InChI is InChI=1S/C22H41N3O2/c1-2-3-4-5-6-7-8-9-10-11-12-13-14-15-18-24-22(26)20-19-27-21(25-20)16-17-23/h19H,2-18,23H2,1H3,(H,24,26). The summed E-state index contributed by atoms with van der Waals surface area (Å²) < 4.78 is 5.20. The van der Waals surface area contributed by atoms with Crippen LogP contribution in [0.1, 0.15) is 113 Å². The number of nitrogens with two attached hydrogens (primary N) is 1. The van der Waals surface area contributed by atoms with Gasteiger partial charge in [-0.2, -0.15) is 0 Å². The van der Waals surface area contributed by atoms with Gasteiger partial charge < -0.3 is 15.5 Å². The number of aromatic nitrogens is 1. The average molecular weight is 380 g/mol. The zero-order valence-electron chi connectivity index (χ0n) is 17.4. The number of unbranched alkanes of at least 4 members (excludes halogenated alkanes) is 13. The minimum atomic E-state index is -0.156. The quantitative estimate of drug-likeness (QED) is 0.335. The van der Waals surface area contributed by atoms with Gasteiger partial charge in [-0.15, -0.1) is 0 Å². The molecule has 0 aliphatic rings. The number of rotatable bonds is 18. The smallest absolute Gasteiger partial charge is 0.273 e. The van der Waals surface area contributed by atoms with Gasteiger partial charge in [0.25, 0.3) is 5.91 Å². The Balaban J connectivity index is 1.84. The van der Waals surface area contributed by atoms with Crippen molar-refractivity contribution in [3.05, 3.63) is 17.8 Å². The van der Waals surface area contributed by atoms with Crippen molar-refractivity contribution >= 4 is 5.91 Å². The highest BCUT2D eigenvalue weighted by Crippen LogP contribution is 2.12. The van der Waals surface area contributed by atoms with Crippen LogP contribution in [0, 0.1) is 0 Å². The highest BCUT2D eigenvalue weighted by Gasteiger charge is 2.10. The van der Waals surface area contributed by atoms with Crippen LogP contribution in [0.25, 0.3) is 0 Å². The lowest BCUT2D eigenvalue weighted by atomic mass is 10.0. The minimum absolute atomic E-state index is 0.156. The SMILES string of the molecule is CCCCCCCCCCCCCCCCNC(=O)c1coc(CCN)n1. The molecule has 1 aromatic rings. The molecular formula is C22H41N3O2. The van der Waals surface area contributed by atoms with E-state index in [1.165, 1.54) is 89.7 Å². The molecule has 0 aromatic carbocycles. The molecule has 0 saturated carbocycles. The highest BCUT2D eigenvalue weighted by atomic mass is 16.3. The third-order valence-electron chi connectivity index (χ3n) is 4.96. The molecule has 1 rings (SSSR count). The second-order valence-corrected chi connectivity index (χ2v) is 7.52. The van der Waals surface area contributed by atoms with Gasteiger partial charge in [0.15, 0.2) is 11.6 Å². The lowest BCUT2D eigenvalue weighted by Gasteiger charge is -2.04. The first-order chi connectivity index (χ1) is 13.3. The molecule has 0 bridgehead atoms. The molecule has 1 heterocycles. The van der Waals surface area contributed by atoms with Crippen LogP contribution in [0.4, 0.5) is 0 Å². The van der Waals surface area contributed by atoms with E-state index in [9.17, 15) is 4.79 Å². The molecule has 0 spiro atoms. The first-order valence-electron chi connectivity index (χ1n) is 11.2. The summed E-state index contributed by atoms with van der Waals surface area (Å²) in [6.45, 7) is 3.45. The predicted molar refractivity (Wildman–Crippen MR) is 112 cm³/mol. The van der Waals surface area contributed by atoms with Gasteiger partial charge in [0.1, 0.15) is 6.26 Å². The summed E-state index contributed by atoms with van der Waals surface area (Å²) in [6, 6.07) is 0. The molecule has 0 radical (unpaired) electrons. The zero-order chi connectivity index (χ0) is 19.6. The monoisotopic (exact) mass is 379 g/mol. The van der Waals surface area contributed by atoms with Crippen LogP contribution in [0.3, 0.4) is 0 Å². The number of hydrogen-bond donors (Lipinski definition) is 2. The number of carbonyl (C=O) groups excluding carboxylic acids is 1. The maximum atomic E-state index is 11.9. The van der Waals surface area contributed by atoms with E-state index in [1.54, 1.807) is 0 Å². The molecular weight excluding hydrogens is 338 g/mol. The third-order valence-corrected chi connectivity index (χ3v) is 4.96. The molecule has 5 nitrogen and oxygen atoms in total. The number of carbonyl (C=O) groups is 1. The molecule has 3 N–H and O–H groups in total. The van der Waals surface area contributed by atoms with Crippen molar-refractivity contribution in [2.75, 3.05) is 13.1 Å². The van der Waals surface area contributed by atoms with Gasteiger partial charge in [0, 0.05) is 19.5 Å². The van der Waals surface area contributed by atoms with Gasteiger partial charge in [0.2, 0.25) is 0 Å². The van der Waals surface area contributed by atoms with E-state index in [4.69, 9.17) is 10.2 Å². The van der Waals surface area contributed by atoms with Crippen LogP contribution < -0.4 is 11.1 Å². The van der Waals surface area contributed by atoms with Crippen LogP contribution in [-0.4, -0.2) is 24.0 Å². The Hall–Kier alpha value is -1.36. The van der Waals surface area contributed by atoms with Crippen molar-refractivity contribution < 1.29 is 9.21 Å². The fourth-order valence-corrected chi connectivity index (χ4v) is 3.27. The minimum Gasteiger partial charge on any atom is -0.448 e. The Morgan fingerprint density at radius 2 is 1.44 bits per heavy atom. The molecule has 0 unspecified atom stereocenters. The molecule has 27 heavy (non-hydrogen) atoms. The fourth-order valence-electron chi connectivity index (χ4n) is 3.27. The number of nitrogens with one attached hydrogen (secondary N) is 1. The molecule has 0 aliphatic carbocycles. The van der Waals surface area contributed by atoms with Gasteiger partial charge in [-0.1, -0.05) is 90.4 Å². The predicted octanol–water partition coefficient (Wildman–Crippen LogP) is 5.39. The normalized spacial score (nSPS) is 11.0. The van der Waals surface area contributed by atoms with E-state index in [-0.39, 0.29) is 5.91 Å². The van der Waals surface area contributed by atoms with Gasteiger partial charge in [-0.3, -0.25) is 4.79 Å². The lowest BCUT2D eigenvalue weighted by Crippen LogP contribution is -2.24. The third kappa shape index (κ3) is 12.6. The summed E-state index contributed by atoms with van der Waals surface area (Å²) in [5.41, 5.74) is 5.79. The first-order valence-corrected chi connectivity index (χ1v) is 11.2. The summed E-state index contributed by atoms with van der Waals surface area (Å²) in [5.74, 6) is 0.371. The van der Waals surface area contributed by atoms with E-state index >= 15 is 0 Å². The van der Waals surface area contributed by atoms with Crippen LogP contribution in [-0.2, 0) is 6.42 Å². The molecule has 0 atom stereocenters. The van der Waals surface area contributed by atoms with Crippen molar-refractivity contribution in [1.82, 2.24) is 10.3 Å². The van der Waals surface area contributed by atoms with E-state index in [1.807, 2.05) is 0 Å². The van der Waals surface area contributed by atoms with Crippen LogP contribution in [0.15, 0.2) is 10.7 Å².